The molecule has 0 radical (unpaired) electrons. The molecule has 74 valence electrons. The minimum absolute atomic E-state index is 0.0780. The van der Waals surface area contributed by atoms with Gasteiger partial charge >= 0.3 is 0 Å². The predicted molar refractivity (Wildman–Crippen MR) is 58.8 cm³/mol. The maximum Gasteiger partial charge on any atom is 0.151 e. The summed E-state index contributed by atoms with van der Waals surface area (Å²) in [6, 6.07) is 7.63. The molecule has 1 unspecified atom stereocenters. The van der Waals surface area contributed by atoms with Gasteiger partial charge in [-0.25, -0.2) is 0 Å². The third-order valence-electron chi connectivity index (χ3n) is 2.10. The maximum atomic E-state index is 8.82. The van der Waals surface area contributed by atoms with Gasteiger partial charge in [0, 0.05) is 13.0 Å². The second-order valence-corrected chi connectivity index (χ2v) is 3.54. The molecule has 1 aliphatic heterocycles. The topological polar surface area (TPSA) is 41.5 Å². The van der Waals surface area contributed by atoms with Crippen molar-refractivity contribution in [1.29, 1.82) is 0 Å². The summed E-state index contributed by atoms with van der Waals surface area (Å²) in [4.78, 5) is 0.637. The molecule has 4 heteroatoms. The third-order valence-corrected chi connectivity index (χ3v) is 2.46. The summed E-state index contributed by atoms with van der Waals surface area (Å²) in [5, 5.41) is 11.9. The number of benzene rings is 1. The molecule has 1 atom stereocenters. The largest absolute Gasteiger partial charge is 0.481 e. The van der Waals surface area contributed by atoms with Crippen molar-refractivity contribution < 1.29 is 9.84 Å². The lowest BCUT2D eigenvalue weighted by atomic mass is 10.2. The van der Waals surface area contributed by atoms with Crippen LogP contribution in [0.2, 0.25) is 0 Å². The smallest absolute Gasteiger partial charge is 0.151 e. The van der Waals surface area contributed by atoms with Crippen LogP contribution in [0, 0.1) is 0 Å². The van der Waals surface area contributed by atoms with Crippen LogP contribution in [0.4, 0.5) is 5.69 Å². The Morgan fingerprint density at radius 1 is 1.43 bits per heavy atom. The third kappa shape index (κ3) is 1.71. The summed E-state index contributed by atoms with van der Waals surface area (Å²) in [7, 11) is 0. The van der Waals surface area contributed by atoms with Gasteiger partial charge in [-0.2, -0.15) is 0 Å². The number of nitrogens with one attached hydrogen (secondary N) is 1. The number of hydrogen-bond acceptors (Lipinski definition) is 3. The van der Waals surface area contributed by atoms with E-state index in [-0.39, 0.29) is 12.7 Å². The Balaban J connectivity index is 2.22. The van der Waals surface area contributed by atoms with Crippen LogP contribution in [0.15, 0.2) is 24.3 Å². The Morgan fingerprint density at radius 2 is 2.21 bits per heavy atom. The highest BCUT2D eigenvalue weighted by atomic mass is 32.1. The molecule has 0 bridgehead atoms. The average molecular weight is 209 g/mol. The molecule has 1 heterocycles. The van der Waals surface area contributed by atoms with Crippen molar-refractivity contribution >= 4 is 22.9 Å². The number of aliphatic hydroxyl groups is 1. The van der Waals surface area contributed by atoms with E-state index in [2.05, 4.69) is 5.32 Å². The van der Waals surface area contributed by atoms with Gasteiger partial charge in [0.1, 0.15) is 10.7 Å². The van der Waals surface area contributed by atoms with Crippen molar-refractivity contribution in [3.63, 3.8) is 0 Å². The second-order valence-electron chi connectivity index (χ2n) is 3.10. The van der Waals surface area contributed by atoms with Gasteiger partial charge in [0.05, 0.1) is 5.69 Å². The van der Waals surface area contributed by atoms with Crippen LogP contribution in [0.3, 0.4) is 0 Å². The second kappa shape index (κ2) is 3.94. The molecule has 0 fully saturated rings. The average Bonchev–Trinajstić information content (AvgIpc) is 2.19. The first kappa shape index (κ1) is 9.43. The molecule has 1 aromatic carbocycles. The van der Waals surface area contributed by atoms with Gasteiger partial charge in [0.15, 0.2) is 6.10 Å². The SMILES string of the molecule is OCCC1Oc2ccccc2NC1=S. The molecule has 1 aromatic rings. The van der Waals surface area contributed by atoms with E-state index >= 15 is 0 Å². The van der Waals surface area contributed by atoms with Gasteiger partial charge in [0.2, 0.25) is 0 Å². The fraction of sp³-hybridized carbons (Fsp3) is 0.300. The molecule has 0 amide bonds. The van der Waals surface area contributed by atoms with Crippen molar-refractivity contribution in [3.05, 3.63) is 24.3 Å². The van der Waals surface area contributed by atoms with E-state index in [1.807, 2.05) is 24.3 Å². The molecule has 1 aliphatic rings. The maximum absolute atomic E-state index is 8.82. The monoisotopic (exact) mass is 209 g/mol. The molecule has 2 N–H and O–H groups in total. The summed E-state index contributed by atoms with van der Waals surface area (Å²) >= 11 is 5.12. The van der Waals surface area contributed by atoms with Crippen LogP contribution in [0.5, 0.6) is 5.75 Å². The van der Waals surface area contributed by atoms with E-state index in [0.717, 1.165) is 11.4 Å². The lowest BCUT2D eigenvalue weighted by molar-refractivity contribution is 0.200. The standard InChI is InChI=1S/C10H11NO2S/c12-6-5-9-10(14)11-7-3-1-2-4-8(7)13-9/h1-4,9,12H,5-6H2,(H,11,14). The molecule has 0 saturated heterocycles. The van der Waals surface area contributed by atoms with E-state index in [4.69, 9.17) is 22.1 Å². The Bertz CT molecular complexity index is 354. The van der Waals surface area contributed by atoms with Crippen LogP contribution in [-0.2, 0) is 0 Å². The van der Waals surface area contributed by atoms with Crippen molar-refractivity contribution in [2.24, 2.45) is 0 Å². The van der Waals surface area contributed by atoms with E-state index < -0.39 is 0 Å². The summed E-state index contributed by atoms with van der Waals surface area (Å²) in [5.41, 5.74) is 0.895. The number of fused-ring (bicyclic) bond motifs is 1. The fourth-order valence-corrected chi connectivity index (χ4v) is 1.68. The van der Waals surface area contributed by atoms with Crippen LogP contribution in [0.1, 0.15) is 6.42 Å². The number of anilines is 1. The molecule has 2 rings (SSSR count). The molecular formula is C10H11NO2S. The van der Waals surface area contributed by atoms with Gasteiger partial charge < -0.3 is 15.2 Å². The first-order valence-electron chi connectivity index (χ1n) is 4.48. The molecular weight excluding hydrogens is 198 g/mol. The number of aliphatic hydroxyl groups excluding tert-OH is 1. The summed E-state index contributed by atoms with van der Waals surface area (Å²) in [6.07, 6.45) is 0.324. The minimum atomic E-state index is -0.204. The van der Waals surface area contributed by atoms with Crippen LogP contribution >= 0.6 is 12.2 Å². The molecule has 0 aliphatic carbocycles. The summed E-state index contributed by atoms with van der Waals surface area (Å²) in [6.45, 7) is 0.0780. The highest BCUT2D eigenvalue weighted by Gasteiger charge is 2.23. The van der Waals surface area contributed by atoms with Crippen LogP contribution in [0.25, 0.3) is 0 Å². The molecule has 0 spiro atoms. The van der Waals surface area contributed by atoms with Crippen molar-refractivity contribution in [3.8, 4) is 5.75 Å². The fourth-order valence-electron chi connectivity index (χ4n) is 1.40. The number of rotatable bonds is 2. The van der Waals surface area contributed by atoms with E-state index in [0.29, 0.717) is 11.4 Å². The lowest BCUT2D eigenvalue weighted by Crippen LogP contribution is -2.36. The van der Waals surface area contributed by atoms with E-state index in [1.54, 1.807) is 0 Å². The van der Waals surface area contributed by atoms with Gasteiger partial charge in [0.25, 0.3) is 0 Å². The zero-order valence-electron chi connectivity index (χ0n) is 7.56. The minimum Gasteiger partial charge on any atom is -0.481 e. The number of thiocarbonyl (C=S) groups is 1. The van der Waals surface area contributed by atoms with Crippen LogP contribution in [-0.4, -0.2) is 22.8 Å². The Kier molecular flexibility index (Phi) is 2.65. The normalized spacial score (nSPS) is 19.5. The lowest BCUT2D eigenvalue weighted by Gasteiger charge is -2.27. The van der Waals surface area contributed by atoms with Gasteiger partial charge in [-0.05, 0) is 12.1 Å². The molecule has 14 heavy (non-hydrogen) atoms. The molecule has 0 saturated carbocycles. The molecule has 0 aromatic heterocycles. The highest BCUT2D eigenvalue weighted by molar-refractivity contribution is 7.80. The number of para-hydroxylation sites is 2. The predicted octanol–water partition coefficient (Wildman–Crippen LogP) is 1.57. The van der Waals surface area contributed by atoms with Crippen molar-refractivity contribution in [1.82, 2.24) is 0 Å². The van der Waals surface area contributed by atoms with Crippen LogP contribution < -0.4 is 10.1 Å². The van der Waals surface area contributed by atoms with Gasteiger partial charge in [-0.3, -0.25) is 0 Å². The van der Waals surface area contributed by atoms with E-state index in [1.165, 1.54) is 0 Å². The number of hydrogen-bond donors (Lipinski definition) is 2. The summed E-state index contributed by atoms with van der Waals surface area (Å²) < 4.78 is 5.62. The highest BCUT2D eigenvalue weighted by Crippen LogP contribution is 2.29. The van der Waals surface area contributed by atoms with Gasteiger partial charge in [-0.15, -0.1) is 0 Å². The Hall–Kier alpha value is -1.13. The van der Waals surface area contributed by atoms with E-state index in [9.17, 15) is 0 Å². The molecule has 3 nitrogen and oxygen atoms in total. The summed E-state index contributed by atoms with van der Waals surface area (Å²) in [5.74, 6) is 0.791. The first-order chi connectivity index (χ1) is 6.81. The first-order valence-corrected chi connectivity index (χ1v) is 4.89. The Morgan fingerprint density at radius 3 is 3.00 bits per heavy atom. The van der Waals surface area contributed by atoms with Crippen molar-refractivity contribution in [2.45, 2.75) is 12.5 Å². The number of ether oxygens (including phenoxy) is 1. The quantitative estimate of drug-likeness (QED) is 0.725. The Labute approximate surface area is 87.7 Å². The zero-order chi connectivity index (χ0) is 9.97. The van der Waals surface area contributed by atoms with Crippen molar-refractivity contribution in [2.75, 3.05) is 11.9 Å². The van der Waals surface area contributed by atoms with Gasteiger partial charge in [-0.1, -0.05) is 24.4 Å². The zero-order valence-corrected chi connectivity index (χ0v) is 8.38.